The van der Waals surface area contributed by atoms with E-state index in [9.17, 15) is 0 Å². The molecule has 1 atom stereocenters. The fourth-order valence-electron chi connectivity index (χ4n) is 2.61. The molecule has 100 valence electrons. The largest absolute Gasteiger partial charge is 0.353 e. The van der Waals surface area contributed by atoms with E-state index in [0.29, 0.717) is 6.61 Å². The van der Waals surface area contributed by atoms with Crippen LogP contribution in [0.3, 0.4) is 0 Å². The summed E-state index contributed by atoms with van der Waals surface area (Å²) in [6.07, 6.45) is 7.06. The van der Waals surface area contributed by atoms with Crippen LogP contribution in [-0.2, 0) is 29.0 Å². The number of ether oxygens (including phenoxy) is 2. The monoisotopic (exact) mass is 362 g/mol. The maximum Gasteiger partial charge on any atom is 0.158 e. The number of rotatable bonds is 3. The molecule has 1 aromatic heterocycles. The third kappa shape index (κ3) is 2.72. The Bertz CT molecular complexity index is 413. The number of aryl methyl sites for hydroxylation is 1. The van der Waals surface area contributed by atoms with Crippen molar-refractivity contribution >= 4 is 22.6 Å². The first kappa shape index (κ1) is 12.9. The van der Waals surface area contributed by atoms with Gasteiger partial charge in [-0.05, 0) is 61.1 Å². The van der Waals surface area contributed by atoms with Gasteiger partial charge in [0.2, 0.25) is 0 Å². The average molecular weight is 362 g/mol. The number of nitrogens with zero attached hydrogens (tertiary/aromatic N) is 2. The van der Waals surface area contributed by atoms with Crippen LogP contribution in [0.15, 0.2) is 0 Å². The second-order valence-corrected chi connectivity index (χ2v) is 6.07. The van der Waals surface area contributed by atoms with Gasteiger partial charge in [0.15, 0.2) is 6.29 Å². The van der Waals surface area contributed by atoms with Crippen molar-refractivity contribution in [3.8, 4) is 0 Å². The van der Waals surface area contributed by atoms with Crippen molar-refractivity contribution in [2.45, 2.75) is 58.0 Å². The van der Waals surface area contributed by atoms with E-state index in [1.807, 2.05) is 0 Å². The van der Waals surface area contributed by atoms with Crippen molar-refractivity contribution in [1.82, 2.24) is 9.78 Å². The lowest BCUT2D eigenvalue weighted by molar-refractivity contribution is -0.169. The summed E-state index contributed by atoms with van der Waals surface area (Å²) in [4.78, 5) is 0. The minimum absolute atomic E-state index is 0.0201. The molecule has 3 heterocycles. The molecule has 0 spiro atoms. The van der Waals surface area contributed by atoms with Crippen LogP contribution < -0.4 is 0 Å². The predicted molar refractivity (Wildman–Crippen MR) is 76.3 cm³/mol. The molecule has 0 amide bonds. The summed E-state index contributed by atoms with van der Waals surface area (Å²) >= 11 is 2.41. The zero-order chi connectivity index (χ0) is 12.4. The fraction of sp³-hybridized carbons (Fsp3) is 0.769. The van der Waals surface area contributed by atoms with Gasteiger partial charge in [0.1, 0.15) is 5.69 Å². The maximum absolute atomic E-state index is 5.82. The first-order valence-corrected chi connectivity index (χ1v) is 7.90. The van der Waals surface area contributed by atoms with Gasteiger partial charge in [-0.15, -0.1) is 0 Å². The lowest BCUT2D eigenvalue weighted by atomic mass is 10.1. The number of fused-ring (bicyclic) bond motifs is 1. The molecule has 4 nitrogen and oxygen atoms in total. The topological polar surface area (TPSA) is 36.3 Å². The van der Waals surface area contributed by atoms with Gasteiger partial charge in [-0.3, -0.25) is 4.68 Å². The van der Waals surface area contributed by atoms with E-state index < -0.39 is 0 Å². The molecule has 2 aliphatic rings. The summed E-state index contributed by atoms with van der Waals surface area (Å²) in [6, 6.07) is 0. The Morgan fingerprint density at radius 1 is 1.33 bits per heavy atom. The second kappa shape index (κ2) is 5.88. The molecule has 0 aromatic carbocycles. The molecule has 0 saturated carbocycles. The highest BCUT2D eigenvalue weighted by Crippen LogP contribution is 2.24. The van der Waals surface area contributed by atoms with E-state index in [1.54, 1.807) is 0 Å². The quantitative estimate of drug-likeness (QED) is 0.776. The Labute approximate surface area is 121 Å². The van der Waals surface area contributed by atoms with Crippen LogP contribution in [0, 0.1) is 3.57 Å². The lowest BCUT2D eigenvalue weighted by Crippen LogP contribution is -2.22. The van der Waals surface area contributed by atoms with Crippen LogP contribution in [0.4, 0.5) is 0 Å². The van der Waals surface area contributed by atoms with E-state index in [1.165, 1.54) is 28.5 Å². The van der Waals surface area contributed by atoms with Gasteiger partial charge in [0, 0.05) is 13.2 Å². The first-order valence-electron chi connectivity index (χ1n) is 6.82. The van der Waals surface area contributed by atoms with Crippen LogP contribution in [0.2, 0.25) is 0 Å². The molecule has 0 N–H and O–H groups in total. The van der Waals surface area contributed by atoms with Gasteiger partial charge in [-0.25, -0.2) is 0 Å². The SMILES string of the molecule is Ic1c(COC2CCCCO2)nn2c1CCCC2. The Morgan fingerprint density at radius 3 is 3.06 bits per heavy atom. The third-order valence-electron chi connectivity index (χ3n) is 3.64. The molecule has 1 unspecified atom stereocenters. The molecule has 1 aromatic rings. The van der Waals surface area contributed by atoms with Crippen molar-refractivity contribution in [2.75, 3.05) is 6.61 Å². The third-order valence-corrected chi connectivity index (χ3v) is 4.88. The molecule has 0 radical (unpaired) electrons. The van der Waals surface area contributed by atoms with Crippen molar-refractivity contribution < 1.29 is 9.47 Å². The van der Waals surface area contributed by atoms with Crippen LogP contribution in [0.25, 0.3) is 0 Å². The van der Waals surface area contributed by atoms with Crippen molar-refractivity contribution in [3.63, 3.8) is 0 Å². The van der Waals surface area contributed by atoms with Gasteiger partial charge in [0.05, 0.1) is 15.9 Å². The van der Waals surface area contributed by atoms with Gasteiger partial charge in [-0.2, -0.15) is 5.10 Å². The molecule has 1 saturated heterocycles. The lowest BCUT2D eigenvalue weighted by Gasteiger charge is -2.22. The molecule has 0 bridgehead atoms. The van der Waals surface area contributed by atoms with Crippen molar-refractivity contribution in [2.24, 2.45) is 0 Å². The van der Waals surface area contributed by atoms with Crippen LogP contribution in [0.1, 0.15) is 43.5 Å². The van der Waals surface area contributed by atoms with E-state index in [-0.39, 0.29) is 6.29 Å². The Morgan fingerprint density at radius 2 is 2.28 bits per heavy atom. The molecule has 1 fully saturated rings. The summed E-state index contributed by atoms with van der Waals surface area (Å²) in [5, 5.41) is 4.66. The summed E-state index contributed by atoms with van der Waals surface area (Å²) < 4.78 is 14.9. The molecular formula is C13H19IN2O2. The zero-order valence-corrected chi connectivity index (χ0v) is 12.7. The maximum atomic E-state index is 5.82. The molecule has 2 aliphatic heterocycles. The van der Waals surface area contributed by atoms with Crippen LogP contribution in [0.5, 0.6) is 0 Å². The Balaban J connectivity index is 1.63. The highest BCUT2D eigenvalue weighted by Gasteiger charge is 2.20. The van der Waals surface area contributed by atoms with Gasteiger partial charge in [0.25, 0.3) is 0 Å². The molecule has 3 rings (SSSR count). The fourth-order valence-corrected chi connectivity index (χ4v) is 3.43. The standard InChI is InChI=1S/C13H19IN2O2/c14-13-10(9-18-12-6-2-4-8-17-12)15-16-7-3-1-5-11(13)16/h12H,1-9H2. The first-order chi connectivity index (χ1) is 8.84. The number of hydrogen-bond donors (Lipinski definition) is 0. The molecule has 18 heavy (non-hydrogen) atoms. The van der Waals surface area contributed by atoms with Crippen LogP contribution in [-0.4, -0.2) is 22.7 Å². The van der Waals surface area contributed by atoms with Crippen molar-refractivity contribution in [1.29, 1.82) is 0 Å². The summed E-state index contributed by atoms with van der Waals surface area (Å²) in [7, 11) is 0. The summed E-state index contributed by atoms with van der Waals surface area (Å²) in [6.45, 7) is 2.48. The smallest absolute Gasteiger partial charge is 0.158 e. The zero-order valence-electron chi connectivity index (χ0n) is 10.5. The van der Waals surface area contributed by atoms with E-state index in [2.05, 4.69) is 32.4 Å². The normalized spacial score (nSPS) is 23.9. The summed E-state index contributed by atoms with van der Waals surface area (Å²) in [5.41, 5.74) is 2.48. The summed E-state index contributed by atoms with van der Waals surface area (Å²) in [5.74, 6) is 0. The molecular weight excluding hydrogens is 343 g/mol. The number of halogens is 1. The average Bonchev–Trinajstić information content (AvgIpc) is 2.75. The Hall–Kier alpha value is -0.140. The second-order valence-electron chi connectivity index (χ2n) is 4.99. The Kier molecular flexibility index (Phi) is 4.20. The van der Waals surface area contributed by atoms with Gasteiger partial charge in [-0.1, -0.05) is 0 Å². The molecule has 0 aliphatic carbocycles. The minimum Gasteiger partial charge on any atom is -0.353 e. The predicted octanol–water partition coefficient (Wildman–Crippen LogP) is 2.87. The number of hydrogen-bond acceptors (Lipinski definition) is 3. The molecule has 5 heteroatoms. The minimum atomic E-state index is -0.0201. The van der Waals surface area contributed by atoms with E-state index in [0.717, 1.165) is 38.1 Å². The van der Waals surface area contributed by atoms with E-state index in [4.69, 9.17) is 9.47 Å². The van der Waals surface area contributed by atoms with Gasteiger partial charge >= 0.3 is 0 Å². The highest BCUT2D eigenvalue weighted by atomic mass is 127. The van der Waals surface area contributed by atoms with E-state index >= 15 is 0 Å². The number of aromatic nitrogens is 2. The highest BCUT2D eigenvalue weighted by molar-refractivity contribution is 14.1. The van der Waals surface area contributed by atoms with Crippen molar-refractivity contribution in [3.05, 3.63) is 15.0 Å². The van der Waals surface area contributed by atoms with Gasteiger partial charge < -0.3 is 9.47 Å². The van der Waals surface area contributed by atoms with Crippen LogP contribution >= 0.6 is 22.6 Å².